The Kier molecular flexibility index (Phi) is 3.86. The number of hydrogen-bond acceptors (Lipinski definition) is 2. The van der Waals surface area contributed by atoms with E-state index in [9.17, 15) is 13.2 Å². The Balaban J connectivity index is 1.82. The molecule has 1 N–H and O–H groups in total. The smallest absolute Gasteiger partial charge is 0.312 e. The van der Waals surface area contributed by atoms with E-state index in [0.717, 1.165) is 12.3 Å². The van der Waals surface area contributed by atoms with Crippen LogP contribution in [-0.2, 0) is 0 Å². The fourth-order valence-corrected chi connectivity index (χ4v) is 3.60. The first kappa shape index (κ1) is 13.7. The van der Waals surface area contributed by atoms with Crippen molar-refractivity contribution in [1.29, 1.82) is 5.26 Å². The van der Waals surface area contributed by atoms with Crippen LogP contribution in [0.1, 0.15) is 32.6 Å². The Labute approximate surface area is 106 Å². The van der Waals surface area contributed by atoms with Crippen LogP contribution in [0.15, 0.2) is 0 Å². The molecule has 2 aliphatic carbocycles. The number of halogens is 3. The lowest BCUT2D eigenvalue weighted by Gasteiger charge is -2.29. The van der Waals surface area contributed by atoms with E-state index in [4.69, 9.17) is 5.26 Å². The van der Waals surface area contributed by atoms with E-state index < -0.39 is 12.1 Å². The van der Waals surface area contributed by atoms with Gasteiger partial charge in [-0.3, -0.25) is 0 Å². The summed E-state index contributed by atoms with van der Waals surface area (Å²) in [5.74, 6) is 0.0809. The van der Waals surface area contributed by atoms with Crippen LogP contribution in [0.3, 0.4) is 0 Å². The summed E-state index contributed by atoms with van der Waals surface area (Å²) in [4.78, 5) is 0. The van der Waals surface area contributed by atoms with Crippen molar-refractivity contribution in [2.24, 2.45) is 23.7 Å². The van der Waals surface area contributed by atoms with Crippen molar-refractivity contribution in [3.05, 3.63) is 0 Å². The summed E-state index contributed by atoms with van der Waals surface area (Å²) in [6.45, 7) is 1.67. The lowest BCUT2D eigenvalue weighted by Crippen LogP contribution is -2.41. The molecule has 0 heterocycles. The maximum absolute atomic E-state index is 12.4. The van der Waals surface area contributed by atoms with E-state index in [0.29, 0.717) is 11.8 Å². The summed E-state index contributed by atoms with van der Waals surface area (Å²) in [5, 5.41) is 11.5. The minimum Gasteiger partial charge on any atom is -0.312 e. The third-order valence-electron chi connectivity index (χ3n) is 4.63. The second kappa shape index (κ2) is 5.08. The zero-order chi connectivity index (χ0) is 13.3. The molecular weight excluding hydrogens is 241 g/mol. The predicted octanol–water partition coefficient (Wildman–Crippen LogP) is 3.10. The van der Waals surface area contributed by atoms with E-state index in [1.165, 1.54) is 25.3 Å². The average molecular weight is 260 g/mol. The maximum atomic E-state index is 12.4. The van der Waals surface area contributed by atoms with E-state index in [-0.39, 0.29) is 12.6 Å². The van der Waals surface area contributed by atoms with Crippen molar-refractivity contribution < 1.29 is 13.2 Å². The van der Waals surface area contributed by atoms with E-state index >= 15 is 0 Å². The summed E-state index contributed by atoms with van der Waals surface area (Å²) in [6, 6.07) is 1.42. The van der Waals surface area contributed by atoms with Gasteiger partial charge in [0.25, 0.3) is 0 Å². The van der Waals surface area contributed by atoms with Gasteiger partial charge in [0.15, 0.2) is 5.92 Å². The van der Waals surface area contributed by atoms with Gasteiger partial charge in [-0.15, -0.1) is 0 Å². The Morgan fingerprint density at radius 2 is 2.06 bits per heavy atom. The number of alkyl halides is 3. The molecule has 0 amide bonds. The van der Waals surface area contributed by atoms with Crippen LogP contribution in [0, 0.1) is 35.0 Å². The SMILES string of the molecule is CC(NCC(C#N)C(F)(F)F)C1CC2CCC1C2. The monoisotopic (exact) mass is 260 g/mol. The van der Waals surface area contributed by atoms with Gasteiger partial charge in [0, 0.05) is 12.6 Å². The highest BCUT2D eigenvalue weighted by molar-refractivity contribution is 4.96. The van der Waals surface area contributed by atoms with E-state index in [2.05, 4.69) is 5.32 Å². The van der Waals surface area contributed by atoms with Gasteiger partial charge < -0.3 is 5.32 Å². The van der Waals surface area contributed by atoms with Crippen LogP contribution >= 0.6 is 0 Å². The molecule has 5 heteroatoms. The number of nitriles is 1. The molecule has 2 aliphatic rings. The lowest BCUT2D eigenvalue weighted by atomic mass is 9.84. The molecule has 0 saturated heterocycles. The summed E-state index contributed by atoms with van der Waals surface area (Å²) in [6.07, 6.45) is 0.482. The van der Waals surface area contributed by atoms with Crippen molar-refractivity contribution in [3.8, 4) is 6.07 Å². The molecule has 0 aliphatic heterocycles. The highest BCUT2D eigenvalue weighted by atomic mass is 19.4. The van der Waals surface area contributed by atoms with Gasteiger partial charge >= 0.3 is 6.18 Å². The third kappa shape index (κ3) is 2.80. The van der Waals surface area contributed by atoms with E-state index in [1.807, 2.05) is 6.92 Å². The van der Waals surface area contributed by atoms with Crippen LogP contribution in [0.4, 0.5) is 13.2 Å². The molecule has 0 spiro atoms. The molecule has 2 fully saturated rings. The van der Waals surface area contributed by atoms with Gasteiger partial charge in [-0.2, -0.15) is 18.4 Å². The van der Waals surface area contributed by atoms with Crippen LogP contribution in [-0.4, -0.2) is 18.8 Å². The molecule has 2 nitrogen and oxygen atoms in total. The van der Waals surface area contributed by atoms with Crippen molar-refractivity contribution in [2.75, 3.05) is 6.54 Å². The van der Waals surface area contributed by atoms with Gasteiger partial charge in [-0.05, 0) is 43.9 Å². The van der Waals surface area contributed by atoms with Gasteiger partial charge in [-0.25, -0.2) is 0 Å². The topological polar surface area (TPSA) is 35.8 Å². The quantitative estimate of drug-likeness (QED) is 0.843. The summed E-state index contributed by atoms with van der Waals surface area (Å²) in [5.41, 5.74) is 0. The minimum atomic E-state index is -4.42. The highest BCUT2D eigenvalue weighted by Crippen LogP contribution is 2.49. The Hall–Kier alpha value is -0.760. The zero-order valence-corrected chi connectivity index (χ0v) is 10.5. The fourth-order valence-electron chi connectivity index (χ4n) is 3.60. The van der Waals surface area contributed by atoms with Crippen molar-refractivity contribution in [3.63, 3.8) is 0 Å². The van der Waals surface area contributed by atoms with Crippen LogP contribution in [0.25, 0.3) is 0 Å². The number of hydrogen-bond donors (Lipinski definition) is 1. The van der Waals surface area contributed by atoms with Crippen LogP contribution < -0.4 is 5.32 Å². The lowest BCUT2D eigenvalue weighted by molar-refractivity contribution is -0.158. The molecule has 5 atom stereocenters. The van der Waals surface area contributed by atoms with Gasteiger partial charge in [0.2, 0.25) is 0 Å². The molecule has 0 radical (unpaired) electrons. The average Bonchev–Trinajstić information content (AvgIpc) is 2.89. The van der Waals surface area contributed by atoms with Crippen molar-refractivity contribution >= 4 is 0 Å². The van der Waals surface area contributed by atoms with Crippen LogP contribution in [0.5, 0.6) is 0 Å². The molecule has 0 aromatic carbocycles. The Bertz CT molecular complexity index is 334. The van der Waals surface area contributed by atoms with Crippen molar-refractivity contribution in [1.82, 2.24) is 5.32 Å². The van der Waals surface area contributed by atoms with Gasteiger partial charge in [-0.1, -0.05) is 6.42 Å². The normalized spacial score (nSPS) is 34.3. The Morgan fingerprint density at radius 1 is 1.33 bits per heavy atom. The summed E-state index contributed by atoms with van der Waals surface area (Å²) in [7, 11) is 0. The number of nitrogens with one attached hydrogen (secondary N) is 1. The molecule has 0 aromatic rings. The second-order valence-corrected chi connectivity index (χ2v) is 5.76. The molecule has 2 rings (SSSR count). The molecule has 102 valence electrons. The number of fused-ring (bicyclic) bond motifs is 2. The first-order chi connectivity index (χ1) is 8.41. The minimum absolute atomic E-state index is 0.0819. The van der Waals surface area contributed by atoms with Crippen LogP contribution in [0.2, 0.25) is 0 Å². The molecule has 18 heavy (non-hydrogen) atoms. The predicted molar refractivity (Wildman–Crippen MR) is 61.6 cm³/mol. The largest absolute Gasteiger partial charge is 0.405 e. The molecule has 2 saturated carbocycles. The zero-order valence-electron chi connectivity index (χ0n) is 10.5. The highest BCUT2D eigenvalue weighted by Gasteiger charge is 2.43. The van der Waals surface area contributed by atoms with Gasteiger partial charge in [0.05, 0.1) is 6.07 Å². The number of nitrogens with zero attached hydrogens (tertiary/aromatic N) is 1. The van der Waals surface area contributed by atoms with Gasteiger partial charge in [0.1, 0.15) is 0 Å². The fraction of sp³-hybridized carbons (Fsp3) is 0.923. The third-order valence-corrected chi connectivity index (χ3v) is 4.63. The first-order valence-electron chi connectivity index (χ1n) is 6.61. The molecule has 5 unspecified atom stereocenters. The molecule has 0 aromatic heterocycles. The standard InChI is InChI=1S/C13H19F3N2/c1-8(12-5-9-2-3-10(12)4-9)18-7-11(6-17)13(14,15)16/h8-12,18H,2-5,7H2,1H3. The maximum Gasteiger partial charge on any atom is 0.405 e. The second-order valence-electron chi connectivity index (χ2n) is 5.76. The Morgan fingerprint density at radius 3 is 2.50 bits per heavy atom. The summed E-state index contributed by atoms with van der Waals surface area (Å²) < 4.78 is 37.3. The summed E-state index contributed by atoms with van der Waals surface area (Å²) >= 11 is 0. The molecular formula is C13H19F3N2. The van der Waals surface area contributed by atoms with Crippen molar-refractivity contribution in [2.45, 2.75) is 44.8 Å². The molecule has 2 bridgehead atoms. The first-order valence-corrected chi connectivity index (χ1v) is 6.61. The number of rotatable bonds is 4. The van der Waals surface area contributed by atoms with E-state index in [1.54, 1.807) is 0 Å².